The van der Waals surface area contributed by atoms with Crippen molar-refractivity contribution in [2.75, 3.05) is 19.6 Å². The van der Waals surface area contributed by atoms with Crippen molar-refractivity contribution in [2.45, 2.75) is 33.1 Å². The number of Topliss-reactive ketones (excluding diaryl/α,β-unsaturated/α-hetero) is 1. The van der Waals surface area contributed by atoms with Gasteiger partial charge in [-0.1, -0.05) is 20.3 Å². The van der Waals surface area contributed by atoms with Gasteiger partial charge in [0.05, 0.1) is 12.7 Å². The van der Waals surface area contributed by atoms with E-state index in [9.17, 15) is 9.90 Å². The van der Waals surface area contributed by atoms with Crippen LogP contribution in [-0.2, 0) is 0 Å². The smallest absolute Gasteiger partial charge is 0.195 e. The molecule has 0 spiro atoms. The van der Waals surface area contributed by atoms with Crippen molar-refractivity contribution in [1.29, 1.82) is 0 Å². The lowest BCUT2D eigenvalue weighted by atomic mass is 9.71. The van der Waals surface area contributed by atoms with E-state index in [1.54, 1.807) is 6.07 Å². The van der Waals surface area contributed by atoms with Gasteiger partial charge < -0.3 is 5.11 Å². The minimum atomic E-state index is 0.0390. The minimum Gasteiger partial charge on any atom is -0.506 e. The maximum absolute atomic E-state index is 12.3. The summed E-state index contributed by atoms with van der Waals surface area (Å²) in [5.74, 6) is 0.134. The molecular formula is C16H22N2O2. The number of carbonyl (C=O) groups excluding carboxylic acids is 1. The van der Waals surface area contributed by atoms with E-state index in [4.69, 9.17) is 0 Å². The lowest BCUT2D eigenvalue weighted by molar-refractivity contribution is 0.0931. The van der Waals surface area contributed by atoms with Crippen LogP contribution in [0.15, 0.2) is 18.3 Å². The Labute approximate surface area is 119 Å². The molecule has 0 radical (unpaired) electrons. The quantitative estimate of drug-likeness (QED) is 0.860. The van der Waals surface area contributed by atoms with E-state index in [-0.39, 0.29) is 11.5 Å². The van der Waals surface area contributed by atoms with Crippen LogP contribution >= 0.6 is 0 Å². The monoisotopic (exact) mass is 274 g/mol. The molecule has 0 bridgehead atoms. The number of hydrogen-bond acceptors (Lipinski definition) is 4. The number of carbonyl (C=O) groups is 1. The normalized spacial score (nSPS) is 33.3. The molecule has 20 heavy (non-hydrogen) atoms. The van der Waals surface area contributed by atoms with E-state index in [1.807, 2.05) is 0 Å². The van der Waals surface area contributed by atoms with Crippen LogP contribution in [0.1, 0.15) is 43.6 Å². The summed E-state index contributed by atoms with van der Waals surface area (Å²) < 4.78 is 0. The van der Waals surface area contributed by atoms with Gasteiger partial charge in [0.15, 0.2) is 5.78 Å². The number of pyridine rings is 1. The molecule has 0 aromatic carbocycles. The second-order valence-electron chi connectivity index (χ2n) is 6.94. The van der Waals surface area contributed by atoms with Crippen LogP contribution in [0.5, 0.6) is 5.75 Å². The second-order valence-corrected chi connectivity index (χ2v) is 6.94. The van der Waals surface area contributed by atoms with Crippen LogP contribution < -0.4 is 0 Å². The van der Waals surface area contributed by atoms with E-state index in [2.05, 4.69) is 23.7 Å². The zero-order valence-electron chi connectivity index (χ0n) is 12.2. The van der Waals surface area contributed by atoms with Crippen molar-refractivity contribution >= 4 is 5.78 Å². The number of rotatable bonds is 3. The average molecular weight is 274 g/mol. The number of aromatic nitrogens is 1. The van der Waals surface area contributed by atoms with Crippen LogP contribution in [0.4, 0.5) is 0 Å². The van der Waals surface area contributed by atoms with Crippen LogP contribution in [0, 0.1) is 10.8 Å². The summed E-state index contributed by atoms with van der Waals surface area (Å²) in [6, 6.07) is 3.11. The molecule has 1 aromatic heterocycles. The largest absolute Gasteiger partial charge is 0.506 e. The fraction of sp³-hybridized carbons (Fsp3) is 0.625. The van der Waals surface area contributed by atoms with E-state index in [0.717, 1.165) is 13.1 Å². The predicted octanol–water partition coefficient (Wildman–Crippen LogP) is 2.48. The lowest BCUT2D eigenvalue weighted by Crippen LogP contribution is -2.30. The highest BCUT2D eigenvalue weighted by atomic mass is 16.3. The molecule has 2 atom stereocenters. The van der Waals surface area contributed by atoms with Crippen LogP contribution in [0.3, 0.4) is 0 Å². The molecule has 108 valence electrons. The molecule has 4 heteroatoms. The summed E-state index contributed by atoms with van der Waals surface area (Å²) in [5.41, 5.74) is 1.15. The predicted molar refractivity (Wildman–Crippen MR) is 76.7 cm³/mol. The Balaban J connectivity index is 1.68. The third-order valence-electron chi connectivity index (χ3n) is 5.46. The minimum absolute atomic E-state index is 0.0390. The number of hydrogen-bond donors (Lipinski definition) is 1. The fourth-order valence-corrected chi connectivity index (χ4v) is 4.00. The van der Waals surface area contributed by atoms with Gasteiger partial charge in [0.25, 0.3) is 0 Å². The first-order valence-corrected chi connectivity index (χ1v) is 7.33. The molecule has 0 amide bonds. The summed E-state index contributed by atoms with van der Waals surface area (Å²) in [6.45, 7) is 7.18. The van der Waals surface area contributed by atoms with E-state index < -0.39 is 0 Å². The molecule has 1 aliphatic carbocycles. The molecule has 3 rings (SSSR count). The van der Waals surface area contributed by atoms with Crippen molar-refractivity contribution in [1.82, 2.24) is 9.88 Å². The number of nitrogens with zero attached hydrogens (tertiary/aromatic N) is 2. The van der Waals surface area contributed by atoms with Crippen molar-refractivity contribution in [3.63, 3.8) is 0 Å². The highest BCUT2D eigenvalue weighted by molar-refractivity contribution is 5.95. The maximum atomic E-state index is 12.3. The number of likely N-dealkylation sites (tertiary alicyclic amines) is 1. The van der Waals surface area contributed by atoms with Crippen LogP contribution in [0.25, 0.3) is 0 Å². The van der Waals surface area contributed by atoms with Gasteiger partial charge in [0.1, 0.15) is 11.4 Å². The van der Waals surface area contributed by atoms with Gasteiger partial charge in [-0.2, -0.15) is 0 Å². The number of aromatic hydroxyl groups is 1. The molecule has 2 fully saturated rings. The first kappa shape index (κ1) is 13.6. The highest BCUT2D eigenvalue weighted by Gasteiger charge is 2.54. The molecule has 1 saturated heterocycles. The molecular weight excluding hydrogens is 252 g/mol. The summed E-state index contributed by atoms with van der Waals surface area (Å²) in [4.78, 5) is 18.5. The van der Waals surface area contributed by atoms with Crippen molar-refractivity contribution in [2.24, 2.45) is 10.8 Å². The van der Waals surface area contributed by atoms with E-state index >= 15 is 0 Å². The zero-order chi connectivity index (χ0) is 14.4. The Kier molecular flexibility index (Phi) is 3.09. The van der Waals surface area contributed by atoms with Gasteiger partial charge in [-0.15, -0.1) is 0 Å². The van der Waals surface area contributed by atoms with Gasteiger partial charge in [-0.05, 0) is 35.8 Å². The molecule has 1 aromatic rings. The molecule has 0 unspecified atom stereocenters. The van der Waals surface area contributed by atoms with Gasteiger partial charge in [-0.25, -0.2) is 4.98 Å². The van der Waals surface area contributed by atoms with Gasteiger partial charge in [0.2, 0.25) is 0 Å². The maximum Gasteiger partial charge on any atom is 0.195 e. The summed E-state index contributed by atoms with van der Waals surface area (Å²) in [5, 5.41) is 9.22. The van der Waals surface area contributed by atoms with Crippen molar-refractivity contribution in [3.8, 4) is 5.75 Å². The lowest BCUT2D eigenvalue weighted by Gasteiger charge is -2.32. The number of ketones is 1. The Bertz CT molecular complexity index is 510. The molecule has 2 heterocycles. The van der Waals surface area contributed by atoms with E-state index in [1.165, 1.54) is 31.5 Å². The standard InChI is InChI=1S/C16H22N2O2/c1-15-6-3-7-16(15,2)11-18(10-15)9-14(20)13-5-4-12(19)8-17-13/h4-5,8,19H,3,6-7,9-11H2,1-2H3/t15-,16+. The van der Waals surface area contributed by atoms with Crippen molar-refractivity contribution in [3.05, 3.63) is 24.0 Å². The first-order valence-electron chi connectivity index (χ1n) is 7.33. The third-order valence-corrected chi connectivity index (χ3v) is 5.46. The molecule has 2 aliphatic rings. The van der Waals surface area contributed by atoms with Crippen LogP contribution in [-0.4, -0.2) is 40.4 Å². The van der Waals surface area contributed by atoms with E-state index in [0.29, 0.717) is 23.1 Å². The van der Waals surface area contributed by atoms with Gasteiger partial charge in [-0.3, -0.25) is 9.69 Å². The summed E-state index contributed by atoms with van der Waals surface area (Å²) in [7, 11) is 0. The van der Waals surface area contributed by atoms with Crippen molar-refractivity contribution < 1.29 is 9.90 Å². The highest BCUT2D eigenvalue weighted by Crippen LogP contribution is 2.57. The molecule has 4 nitrogen and oxygen atoms in total. The Hall–Kier alpha value is -1.42. The first-order chi connectivity index (χ1) is 9.42. The second kappa shape index (κ2) is 4.55. The summed E-state index contributed by atoms with van der Waals surface area (Å²) in [6.07, 6.45) is 5.18. The average Bonchev–Trinajstić information content (AvgIpc) is 2.77. The molecule has 1 N–H and O–H groups in total. The Morgan fingerprint density at radius 1 is 1.30 bits per heavy atom. The Morgan fingerprint density at radius 3 is 2.50 bits per heavy atom. The number of fused-ring (bicyclic) bond motifs is 1. The topological polar surface area (TPSA) is 53.4 Å². The molecule has 1 saturated carbocycles. The van der Waals surface area contributed by atoms with Gasteiger partial charge in [0, 0.05) is 13.1 Å². The zero-order valence-corrected chi connectivity index (χ0v) is 12.2. The van der Waals surface area contributed by atoms with Crippen LogP contribution in [0.2, 0.25) is 0 Å². The third kappa shape index (κ3) is 2.12. The Morgan fingerprint density at radius 2 is 1.95 bits per heavy atom. The summed E-state index contributed by atoms with van der Waals surface area (Å²) >= 11 is 0. The van der Waals surface area contributed by atoms with Gasteiger partial charge >= 0.3 is 0 Å². The molecule has 1 aliphatic heterocycles. The fourth-order valence-electron chi connectivity index (χ4n) is 4.00. The SMILES string of the molecule is C[C@@]12CCC[C@]1(C)CN(CC(=O)c1ccc(O)cn1)C2.